The van der Waals surface area contributed by atoms with Crippen molar-refractivity contribution < 1.29 is 32.6 Å². The van der Waals surface area contributed by atoms with E-state index in [4.69, 9.17) is 4.74 Å². The van der Waals surface area contributed by atoms with Gasteiger partial charge >= 0.3 is 6.18 Å². The minimum atomic E-state index is -4.87. The number of aliphatic hydroxyl groups excluding tert-OH is 1. The van der Waals surface area contributed by atoms with E-state index in [2.05, 4.69) is 11.4 Å². The largest absolute Gasteiger partial charge is 0.496 e. The molecule has 6 rings (SSSR count). The van der Waals surface area contributed by atoms with Crippen LogP contribution in [0.5, 0.6) is 5.75 Å². The molecule has 11 heteroatoms. The van der Waals surface area contributed by atoms with E-state index in [-0.39, 0.29) is 24.4 Å². The maximum atomic E-state index is 14.3. The van der Waals surface area contributed by atoms with Crippen molar-refractivity contribution in [3.05, 3.63) is 62.9 Å². The van der Waals surface area contributed by atoms with Crippen LogP contribution >= 0.6 is 11.3 Å². The molecule has 0 radical (unpaired) electrons. The molecule has 1 aromatic carbocycles. The van der Waals surface area contributed by atoms with Crippen LogP contribution in [0.4, 0.5) is 13.2 Å². The summed E-state index contributed by atoms with van der Waals surface area (Å²) >= 11 is 1.49. The molecule has 7 nitrogen and oxygen atoms in total. The third-order valence-electron chi connectivity index (χ3n) is 9.94. The minimum absolute atomic E-state index is 0.0380. The first-order valence-electron chi connectivity index (χ1n) is 14.8. The highest BCUT2D eigenvalue weighted by Gasteiger charge is 2.57. The van der Waals surface area contributed by atoms with Gasteiger partial charge in [-0.3, -0.25) is 9.59 Å². The highest BCUT2D eigenvalue weighted by atomic mass is 32.1. The summed E-state index contributed by atoms with van der Waals surface area (Å²) < 4.78 is 46.9. The van der Waals surface area contributed by atoms with E-state index >= 15 is 0 Å². The Kier molecular flexibility index (Phi) is 7.45. The van der Waals surface area contributed by atoms with Gasteiger partial charge in [0.2, 0.25) is 0 Å². The maximum absolute atomic E-state index is 14.3. The number of alkyl halides is 3. The van der Waals surface area contributed by atoms with E-state index < -0.39 is 41.1 Å². The molecule has 1 aliphatic heterocycles. The zero-order valence-electron chi connectivity index (χ0n) is 24.8. The Balaban J connectivity index is 1.44. The number of nitrogens with one attached hydrogen (secondary N) is 1. The number of allylic oxidation sites excluding steroid dienone is 3. The molecule has 2 N–H and O–H groups in total. The fraction of sp³-hybridized carbons (Fsp3) is 0.485. The number of hydrogen-bond donors (Lipinski definition) is 2. The molecule has 2 aromatic rings. The smallest absolute Gasteiger partial charge is 0.416 e. The third-order valence-corrected chi connectivity index (χ3v) is 10.8. The number of methoxy groups -OCH3 is 1. The summed E-state index contributed by atoms with van der Waals surface area (Å²) in [6, 6.07) is 9.67. The number of carbonyl (C=O) groups excluding carboxylic acids is 2. The molecule has 44 heavy (non-hydrogen) atoms. The molecule has 4 aliphatic rings. The van der Waals surface area contributed by atoms with Gasteiger partial charge in [-0.05, 0) is 103 Å². The zero-order chi connectivity index (χ0) is 31.6. The SMILES string of the molecule is COc1cc2c(cc1C(=O)NC1(C#N)CCC1)C1=C(c3cccs3)C=C(C(=O)N3CCC[C@]3(C)[C@H](O)C(F)(F)F)C1[C@@H](C)C2. The summed E-state index contributed by atoms with van der Waals surface area (Å²) in [7, 11) is 1.49. The molecule has 232 valence electrons. The monoisotopic (exact) mass is 625 g/mol. The van der Waals surface area contributed by atoms with E-state index in [1.165, 1.54) is 30.3 Å². The van der Waals surface area contributed by atoms with Crippen molar-refractivity contribution in [3.63, 3.8) is 0 Å². The number of nitrogens with zero attached hydrogens (tertiary/aromatic N) is 2. The summed E-state index contributed by atoms with van der Waals surface area (Å²) in [6.45, 7) is 3.44. The second kappa shape index (κ2) is 10.8. The molecule has 2 amide bonds. The molecular formula is C33H34F3N3O4S. The predicted octanol–water partition coefficient (Wildman–Crippen LogP) is 5.90. The second-order valence-corrected chi connectivity index (χ2v) is 13.6. The first kappa shape index (κ1) is 30.4. The van der Waals surface area contributed by atoms with Crippen LogP contribution in [0.3, 0.4) is 0 Å². The second-order valence-electron chi connectivity index (χ2n) is 12.6. The van der Waals surface area contributed by atoms with Crippen LogP contribution in [0.1, 0.15) is 72.3 Å². The van der Waals surface area contributed by atoms with Crippen LogP contribution < -0.4 is 10.1 Å². The van der Waals surface area contributed by atoms with E-state index in [0.29, 0.717) is 37.0 Å². The average molecular weight is 626 g/mol. The number of nitriles is 1. The van der Waals surface area contributed by atoms with Crippen LogP contribution in [0.25, 0.3) is 11.1 Å². The molecule has 2 heterocycles. The van der Waals surface area contributed by atoms with Gasteiger partial charge in [0.05, 0.1) is 24.3 Å². The van der Waals surface area contributed by atoms with Gasteiger partial charge in [-0.1, -0.05) is 13.0 Å². The van der Waals surface area contributed by atoms with Crippen molar-refractivity contribution in [3.8, 4) is 11.8 Å². The Hall–Kier alpha value is -3.62. The summed E-state index contributed by atoms with van der Waals surface area (Å²) in [4.78, 5) is 29.9. The quantitative estimate of drug-likeness (QED) is 0.417. The Bertz CT molecular complexity index is 1620. The van der Waals surface area contributed by atoms with Crippen LogP contribution in [-0.2, 0) is 11.2 Å². The number of ether oxygens (including phenoxy) is 1. The fourth-order valence-corrected chi connectivity index (χ4v) is 8.18. The van der Waals surface area contributed by atoms with Gasteiger partial charge in [-0.2, -0.15) is 18.4 Å². The Labute approximate surface area is 258 Å². The van der Waals surface area contributed by atoms with Gasteiger partial charge in [0.25, 0.3) is 11.8 Å². The van der Waals surface area contributed by atoms with Crippen LogP contribution in [0.15, 0.2) is 41.3 Å². The number of aliphatic hydroxyl groups is 1. The van der Waals surface area contributed by atoms with Crippen molar-refractivity contribution in [1.82, 2.24) is 10.2 Å². The third kappa shape index (κ3) is 4.74. The van der Waals surface area contributed by atoms with E-state index in [9.17, 15) is 33.1 Å². The van der Waals surface area contributed by atoms with Gasteiger partial charge in [0.15, 0.2) is 6.10 Å². The van der Waals surface area contributed by atoms with E-state index in [1.54, 1.807) is 12.1 Å². The van der Waals surface area contributed by atoms with Crippen molar-refractivity contribution in [2.45, 2.75) is 75.7 Å². The van der Waals surface area contributed by atoms with Crippen molar-refractivity contribution in [2.24, 2.45) is 11.8 Å². The molecule has 0 spiro atoms. The lowest BCUT2D eigenvalue weighted by Gasteiger charge is -2.41. The molecule has 1 saturated carbocycles. The summed E-state index contributed by atoms with van der Waals surface area (Å²) in [5.41, 5.74) is 1.33. The first-order valence-corrected chi connectivity index (χ1v) is 15.7. The van der Waals surface area contributed by atoms with E-state index in [0.717, 1.165) is 33.6 Å². The fourth-order valence-electron chi connectivity index (χ4n) is 7.42. The standard InChI is InChI=1S/C33H34F3N3O4S/c1-18-13-19-14-24(43-3)21(28(40)38-32(17-37)9-5-10-32)15-20(19)27-22(25-7-4-12-44-25)16-23(26(18)27)29(41)39-11-6-8-31(39,2)30(42)33(34,35)36/h4,7,12,14-16,18,26,30,42H,5-6,8-11,13H2,1-3H3,(H,38,40)/t18-,26?,30-,31+/m0/s1. The lowest BCUT2D eigenvalue weighted by molar-refractivity contribution is -0.235. The lowest BCUT2D eigenvalue weighted by atomic mass is 9.70. The van der Waals surface area contributed by atoms with Crippen LogP contribution in [-0.4, -0.2) is 58.8 Å². The molecule has 3 aliphatic carbocycles. The molecule has 4 atom stereocenters. The van der Waals surface area contributed by atoms with Gasteiger partial charge < -0.3 is 20.1 Å². The molecule has 2 fully saturated rings. The zero-order valence-corrected chi connectivity index (χ0v) is 25.6. The number of carbonyl (C=O) groups is 2. The summed E-state index contributed by atoms with van der Waals surface area (Å²) in [6.07, 6.45) is -2.81. The van der Waals surface area contributed by atoms with Crippen molar-refractivity contribution >= 4 is 34.3 Å². The topological polar surface area (TPSA) is 103 Å². The normalized spacial score (nSPS) is 26.2. The van der Waals surface area contributed by atoms with Crippen molar-refractivity contribution in [2.75, 3.05) is 13.7 Å². The number of benzene rings is 1. The number of halogens is 3. The summed E-state index contributed by atoms with van der Waals surface area (Å²) in [5, 5.41) is 24.9. The molecule has 1 unspecified atom stereocenters. The van der Waals surface area contributed by atoms with Gasteiger partial charge in [-0.25, -0.2) is 0 Å². The Morgan fingerprint density at radius 1 is 1.25 bits per heavy atom. The molecule has 1 aromatic heterocycles. The van der Waals surface area contributed by atoms with Gasteiger partial charge in [0.1, 0.15) is 11.3 Å². The van der Waals surface area contributed by atoms with E-state index in [1.807, 2.05) is 30.5 Å². The summed E-state index contributed by atoms with van der Waals surface area (Å²) in [5.74, 6) is -1.07. The average Bonchev–Trinajstić information content (AvgIpc) is 3.72. The molecule has 1 saturated heterocycles. The minimum Gasteiger partial charge on any atom is -0.496 e. The van der Waals surface area contributed by atoms with Gasteiger partial charge in [0, 0.05) is 22.9 Å². The molecular weight excluding hydrogens is 591 g/mol. The molecule has 0 bridgehead atoms. The number of amides is 2. The number of hydrogen-bond acceptors (Lipinski definition) is 6. The lowest BCUT2D eigenvalue weighted by Crippen LogP contribution is -2.58. The number of rotatable bonds is 6. The predicted molar refractivity (Wildman–Crippen MR) is 160 cm³/mol. The number of fused-ring (bicyclic) bond motifs is 3. The maximum Gasteiger partial charge on any atom is 0.416 e. The Morgan fingerprint density at radius 2 is 2.00 bits per heavy atom. The van der Waals surface area contributed by atoms with Gasteiger partial charge in [-0.15, -0.1) is 11.3 Å². The Morgan fingerprint density at radius 3 is 2.59 bits per heavy atom. The van der Waals surface area contributed by atoms with Crippen LogP contribution in [0, 0.1) is 23.2 Å². The highest BCUT2D eigenvalue weighted by molar-refractivity contribution is 7.11. The first-order chi connectivity index (χ1) is 20.8. The highest BCUT2D eigenvalue weighted by Crippen LogP contribution is 2.54. The number of likely N-dealkylation sites (tertiary alicyclic amines) is 1. The van der Waals surface area contributed by atoms with Crippen molar-refractivity contribution in [1.29, 1.82) is 5.26 Å². The number of thiophene rings is 1. The van der Waals surface area contributed by atoms with Crippen LogP contribution in [0.2, 0.25) is 0 Å².